The van der Waals surface area contributed by atoms with Crippen molar-refractivity contribution < 1.29 is 9.18 Å². The Morgan fingerprint density at radius 2 is 2.14 bits per heavy atom. The molecule has 4 rings (SSSR count). The first-order chi connectivity index (χ1) is 14.1. The number of nitrogens with one attached hydrogen (secondary N) is 1. The fraction of sp³-hybridized carbons (Fsp3) is 0.263. The molecule has 2 aromatic heterocycles. The van der Waals surface area contributed by atoms with E-state index >= 15 is 0 Å². The maximum absolute atomic E-state index is 14.0. The smallest absolute Gasteiger partial charge is 0.235 e. The average molecular weight is 429 g/mol. The molecule has 0 saturated heterocycles. The second-order valence-electron chi connectivity index (χ2n) is 6.52. The number of nitriles is 1. The Hall–Kier alpha value is -2.90. The van der Waals surface area contributed by atoms with Crippen LogP contribution in [0.3, 0.4) is 0 Å². The number of fused-ring (bicyclic) bond motifs is 1. The van der Waals surface area contributed by atoms with E-state index in [0.29, 0.717) is 15.7 Å². The van der Waals surface area contributed by atoms with Gasteiger partial charge >= 0.3 is 0 Å². The minimum atomic E-state index is -0.452. The van der Waals surface area contributed by atoms with Crippen LogP contribution in [-0.2, 0) is 17.6 Å². The number of carbonyl (C=O) groups is 1. The molecule has 1 amide bonds. The standard InChI is InChI=1S/C19H17FN6OS2/c20-14-7-3-1-6-12(14)17-24-25-19(26(17)22)28-10-16(27)23-18-13(9-21)11-5-2-4-8-15(11)29-18/h1,3,6-7H,2,4-5,8,10,22H2,(H,23,27). The highest BCUT2D eigenvalue weighted by Crippen LogP contribution is 2.37. The van der Waals surface area contributed by atoms with Crippen molar-refractivity contribution in [3.05, 3.63) is 46.1 Å². The van der Waals surface area contributed by atoms with Crippen LogP contribution in [0.1, 0.15) is 28.8 Å². The summed E-state index contributed by atoms with van der Waals surface area (Å²) in [4.78, 5) is 13.6. The summed E-state index contributed by atoms with van der Waals surface area (Å²) in [6.45, 7) is 0. The van der Waals surface area contributed by atoms with Gasteiger partial charge in [0.15, 0.2) is 5.82 Å². The van der Waals surface area contributed by atoms with Gasteiger partial charge in [0.25, 0.3) is 0 Å². The fourth-order valence-corrected chi connectivity index (χ4v) is 5.18. The number of rotatable bonds is 5. The number of nitrogens with two attached hydrogens (primary N) is 1. The summed E-state index contributed by atoms with van der Waals surface area (Å²) in [7, 11) is 0. The van der Waals surface area contributed by atoms with Gasteiger partial charge in [0.2, 0.25) is 11.1 Å². The first-order valence-electron chi connectivity index (χ1n) is 9.01. The first kappa shape index (κ1) is 19.4. The van der Waals surface area contributed by atoms with E-state index in [1.54, 1.807) is 18.2 Å². The number of aromatic nitrogens is 3. The second-order valence-corrected chi connectivity index (χ2v) is 8.57. The summed E-state index contributed by atoms with van der Waals surface area (Å²) in [6, 6.07) is 8.36. The maximum Gasteiger partial charge on any atom is 0.235 e. The van der Waals surface area contributed by atoms with Crippen molar-refractivity contribution in [3.63, 3.8) is 0 Å². The number of amides is 1. The Morgan fingerprint density at radius 3 is 2.93 bits per heavy atom. The Balaban J connectivity index is 1.44. The first-order valence-corrected chi connectivity index (χ1v) is 10.8. The molecule has 1 aliphatic carbocycles. The normalized spacial score (nSPS) is 13.0. The summed E-state index contributed by atoms with van der Waals surface area (Å²) in [6.07, 6.45) is 4.01. The van der Waals surface area contributed by atoms with Crippen LogP contribution >= 0.6 is 23.1 Å². The Morgan fingerprint density at radius 1 is 1.34 bits per heavy atom. The van der Waals surface area contributed by atoms with E-state index in [4.69, 9.17) is 5.84 Å². The lowest BCUT2D eigenvalue weighted by Gasteiger charge is -2.09. The van der Waals surface area contributed by atoms with Crippen LogP contribution in [0.25, 0.3) is 11.4 Å². The monoisotopic (exact) mass is 428 g/mol. The number of aryl methyl sites for hydroxylation is 1. The zero-order valence-corrected chi connectivity index (χ0v) is 16.9. The van der Waals surface area contributed by atoms with E-state index in [9.17, 15) is 14.4 Å². The lowest BCUT2D eigenvalue weighted by atomic mass is 9.96. The van der Waals surface area contributed by atoms with Gasteiger partial charge in [-0.1, -0.05) is 23.9 Å². The molecule has 0 radical (unpaired) electrons. The van der Waals surface area contributed by atoms with E-state index in [1.165, 1.54) is 27.0 Å². The van der Waals surface area contributed by atoms with E-state index in [-0.39, 0.29) is 23.0 Å². The van der Waals surface area contributed by atoms with Crippen LogP contribution in [0.2, 0.25) is 0 Å². The number of nitrogens with zero attached hydrogens (tertiary/aromatic N) is 4. The molecule has 0 fully saturated rings. The average Bonchev–Trinajstić information content (AvgIpc) is 3.26. The van der Waals surface area contributed by atoms with Crippen LogP contribution in [0.4, 0.5) is 9.39 Å². The zero-order valence-electron chi connectivity index (χ0n) is 15.3. The minimum Gasteiger partial charge on any atom is -0.335 e. The molecule has 1 aliphatic rings. The van der Waals surface area contributed by atoms with Gasteiger partial charge in [-0.3, -0.25) is 4.79 Å². The summed E-state index contributed by atoms with van der Waals surface area (Å²) < 4.78 is 15.1. The van der Waals surface area contributed by atoms with Crippen molar-refractivity contribution in [2.75, 3.05) is 16.9 Å². The van der Waals surface area contributed by atoms with Crippen molar-refractivity contribution in [1.82, 2.24) is 14.9 Å². The van der Waals surface area contributed by atoms with Gasteiger partial charge in [0, 0.05) is 4.88 Å². The zero-order chi connectivity index (χ0) is 20.4. The lowest BCUT2D eigenvalue weighted by Crippen LogP contribution is -2.16. The molecular weight excluding hydrogens is 411 g/mol. The third kappa shape index (κ3) is 3.83. The molecule has 148 valence electrons. The molecule has 10 heteroatoms. The molecule has 0 aliphatic heterocycles. The number of thiophene rings is 1. The summed E-state index contributed by atoms with van der Waals surface area (Å²) in [5.41, 5.74) is 1.89. The van der Waals surface area contributed by atoms with Crippen molar-refractivity contribution in [1.29, 1.82) is 5.26 Å². The number of halogens is 1. The second kappa shape index (κ2) is 8.23. The number of thioether (sulfide) groups is 1. The topological polar surface area (TPSA) is 110 Å². The van der Waals surface area contributed by atoms with Crippen LogP contribution in [0.15, 0.2) is 29.4 Å². The molecular formula is C19H17FN6OS2. The maximum atomic E-state index is 14.0. The van der Waals surface area contributed by atoms with Crippen LogP contribution < -0.4 is 11.2 Å². The van der Waals surface area contributed by atoms with Crippen molar-refractivity contribution in [2.24, 2.45) is 0 Å². The number of anilines is 1. The fourth-order valence-electron chi connectivity index (χ4n) is 3.27. The molecule has 3 aromatic rings. The van der Waals surface area contributed by atoms with Gasteiger partial charge in [-0.25, -0.2) is 9.07 Å². The SMILES string of the molecule is N#Cc1c(NC(=O)CSc2nnc(-c3ccccc3F)n2N)sc2c1CCCC2. The van der Waals surface area contributed by atoms with E-state index in [0.717, 1.165) is 43.0 Å². The van der Waals surface area contributed by atoms with Crippen LogP contribution in [-0.4, -0.2) is 26.5 Å². The van der Waals surface area contributed by atoms with Gasteiger partial charge in [0.1, 0.15) is 16.9 Å². The highest BCUT2D eigenvalue weighted by atomic mass is 32.2. The largest absolute Gasteiger partial charge is 0.335 e. The number of nitrogen functional groups attached to an aromatic ring is 1. The number of hydrogen-bond acceptors (Lipinski definition) is 7. The Bertz CT molecular complexity index is 1120. The van der Waals surface area contributed by atoms with E-state index in [2.05, 4.69) is 21.6 Å². The Labute approximate surface area is 174 Å². The highest BCUT2D eigenvalue weighted by molar-refractivity contribution is 7.99. The lowest BCUT2D eigenvalue weighted by molar-refractivity contribution is -0.113. The molecule has 0 unspecified atom stereocenters. The van der Waals surface area contributed by atoms with Gasteiger partial charge in [-0.2, -0.15) is 5.26 Å². The highest BCUT2D eigenvalue weighted by Gasteiger charge is 2.22. The molecule has 0 bridgehead atoms. The molecule has 2 heterocycles. The minimum absolute atomic E-state index is 0.0417. The van der Waals surface area contributed by atoms with Crippen LogP contribution in [0.5, 0.6) is 0 Å². The molecule has 7 nitrogen and oxygen atoms in total. The molecule has 0 spiro atoms. The Kier molecular flexibility index (Phi) is 5.51. The third-order valence-corrected chi connectivity index (χ3v) is 6.80. The van der Waals surface area contributed by atoms with Crippen molar-refractivity contribution in [3.8, 4) is 17.5 Å². The van der Waals surface area contributed by atoms with Gasteiger partial charge in [-0.15, -0.1) is 21.5 Å². The summed E-state index contributed by atoms with van der Waals surface area (Å²) >= 11 is 2.58. The number of hydrogen-bond donors (Lipinski definition) is 2. The quantitative estimate of drug-likeness (QED) is 0.476. The summed E-state index contributed by atoms with van der Waals surface area (Å²) in [5, 5.41) is 21.1. The predicted octanol–water partition coefficient (Wildman–Crippen LogP) is 3.34. The molecule has 0 saturated carbocycles. The molecule has 29 heavy (non-hydrogen) atoms. The molecule has 1 aromatic carbocycles. The predicted molar refractivity (Wildman–Crippen MR) is 111 cm³/mol. The van der Waals surface area contributed by atoms with Crippen LogP contribution in [0, 0.1) is 17.1 Å². The van der Waals surface area contributed by atoms with Gasteiger partial charge in [0.05, 0.1) is 16.9 Å². The number of carbonyl (C=O) groups excluding carboxylic acids is 1. The van der Waals surface area contributed by atoms with Crippen molar-refractivity contribution >= 4 is 34.0 Å². The van der Waals surface area contributed by atoms with Gasteiger partial charge < -0.3 is 11.2 Å². The number of benzene rings is 1. The summed E-state index contributed by atoms with van der Waals surface area (Å²) in [5.74, 6) is 5.50. The van der Waals surface area contributed by atoms with E-state index in [1.807, 2.05) is 0 Å². The molecule has 0 atom stereocenters. The third-order valence-electron chi connectivity index (χ3n) is 4.65. The molecule has 3 N–H and O–H groups in total. The van der Waals surface area contributed by atoms with Gasteiger partial charge in [-0.05, 0) is 43.4 Å². The van der Waals surface area contributed by atoms with E-state index < -0.39 is 5.82 Å². The van der Waals surface area contributed by atoms with Crippen molar-refractivity contribution in [2.45, 2.75) is 30.8 Å².